The van der Waals surface area contributed by atoms with Gasteiger partial charge in [-0.2, -0.15) is 0 Å². The minimum Gasteiger partial charge on any atom is -0.0991 e. The van der Waals surface area contributed by atoms with Gasteiger partial charge in [0.1, 0.15) is 0 Å². The van der Waals surface area contributed by atoms with Crippen molar-refractivity contribution in [1.29, 1.82) is 0 Å². The second-order valence-corrected chi connectivity index (χ2v) is 28.5. The van der Waals surface area contributed by atoms with E-state index >= 15 is 0 Å². The van der Waals surface area contributed by atoms with Crippen molar-refractivity contribution in [3.8, 4) is 0 Å². The number of rotatable bonds is 73. The molecule has 0 N–H and O–H groups in total. The third-order valence-electron chi connectivity index (χ3n) is 16.3. The molecular formula is C149H152. The van der Waals surface area contributed by atoms with E-state index in [0.29, 0.717) is 0 Å². The van der Waals surface area contributed by atoms with Gasteiger partial charge in [0.05, 0.1) is 0 Å². The Labute approximate surface area is 900 Å². The average molecular weight is 1940 g/mol. The van der Waals surface area contributed by atoms with Crippen LogP contribution in [0.15, 0.2) is 900 Å². The van der Waals surface area contributed by atoms with Crippen LogP contribution in [0.5, 0.6) is 0 Å². The molecule has 0 radical (unpaired) electrons. The molecule has 0 rings (SSSR count). The van der Waals surface area contributed by atoms with E-state index in [1.807, 2.05) is 894 Å². The van der Waals surface area contributed by atoms with Crippen LogP contribution < -0.4 is 0 Å². The van der Waals surface area contributed by atoms with Gasteiger partial charge in [0.2, 0.25) is 0 Å². The second kappa shape index (κ2) is 129. The zero-order chi connectivity index (χ0) is 106. The molecule has 0 aliphatic rings. The van der Waals surface area contributed by atoms with E-state index in [9.17, 15) is 0 Å². The molecule has 0 atom stereocenters. The van der Waals surface area contributed by atoms with E-state index in [1.165, 1.54) is 0 Å². The van der Waals surface area contributed by atoms with Gasteiger partial charge in [0.15, 0.2) is 0 Å². The maximum absolute atomic E-state index is 3.64. The number of hydrogen-bond acceptors (Lipinski definition) is 0. The molecule has 149 heavy (non-hydrogen) atoms. The van der Waals surface area contributed by atoms with Crippen LogP contribution >= 0.6 is 0 Å². The van der Waals surface area contributed by atoms with Gasteiger partial charge in [-0.3, -0.25) is 0 Å². The molecule has 0 amide bonds. The Morgan fingerprint density at radius 1 is 0.0537 bits per heavy atom. The minimum absolute atomic E-state index is 1.75. The Kier molecular flexibility index (Phi) is 112. The van der Waals surface area contributed by atoms with Crippen LogP contribution in [-0.2, 0) is 0 Å². The Morgan fingerprint density at radius 2 is 0.0872 bits per heavy atom. The van der Waals surface area contributed by atoms with Crippen LogP contribution in [0.4, 0.5) is 0 Å². The zero-order valence-corrected chi connectivity index (χ0v) is 86.6. The number of hydrogen-bond donors (Lipinski definition) is 0. The van der Waals surface area contributed by atoms with E-state index in [4.69, 9.17) is 0 Å². The molecule has 0 unspecified atom stereocenters. The highest BCUT2D eigenvalue weighted by molar-refractivity contribution is 5.36. The molecule has 0 aliphatic carbocycles. The van der Waals surface area contributed by atoms with Gasteiger partial charge in [0, 0.05) is 0 Å². The summed E-state index contributed by atoms with van der Waals surface area (Å²) in [6.07, 6.45) is 293. The summed E-state index contributed by atoms with van der Waals surface area (Å²) in [6, 6.07) is 0. The molecule has 0 heterocycles. The Balaban J connectivity index is 4.14. The third-order valence-corrected chi connectivity index (χ3v) is 16.3. The molecule has 0 aromatic rings. The summed E-state index contributed by atoms with van der Waals surface area (Å²) in [6.45, 7) is 5.64. The summed E-state index contributed by atoms with van der Waals surface area (Å²) in [4.78, 5) is 0. The summed E-state index contributed by atoms with van der Waals surface area (Å²) in [7, 11) is 0. The summed E-state index contributed by atoms with van der Waals surface area (Å²) in [5, 5.41) is 0. The van der Waals surface area contributed by atoms with Crippen molar-refractivity contribution in [3.05, 3.63) is 900 Å². The van der Waals surface area contributed by atoms with Crippen molar-refractivity contribution in [1.82, 2.24) is 0 Å². The Hall–Kier alpha value is -19.2. The van der Waals surface area contributed by atoms with Crippen LogP contribution in [0.3, 0.4) is 0 Å². The summed E-state index contributed by atoms with van der Waals surface area (Å²) >= 11 is 0. The lowest BCUT2D eigenvalue weighted by atomic mass is 10.3. The van der Waals surface area contributed by atoms with Gasteiger partial charge in [0.25, 0.3) is 0 Å². The normalized spacial score (nSPS) is 15.8. The van der Waals surface area contributed by atoms with Crippen LogP contribution in [-0.4, -0.2) is 0 Å². The van der Waals surface area contributed by atoms with E-state index < -0.39 is 0 Å². The highest BCUT2D eigenvalue weighted by Gasteiger charge is 1.79. The maximum Gasteiger partial charge on any atom is -0.0467 e. The fourth-order valence-corrected chi connectivity index (χ4v) is 9.36. The van der Waals surface area contributed by atoms with Crippen LogP contribution in [0.1, 0.15) is 6.92 Å². The van der Waals surface area contributed by atoms with Gasteiger partial charge < -0.3 is 0 Å². The molecular weight excluding hydrogens is 1790 g/mol. The molecule has 0 aromatic heterocycles. The molecule has 0 spiro atoms. The highest BCUT2D eigenvalue weighted by Crippen LogP contribution is 2.00. The molecule has 0 saturated heterocycles. The van der Waals surface area contributed by atoms with E-state index in [1.54, 1.807) is 6.08 Å². The first-order chi connectivity index (χ1) is 74.4. The molecule has 0 fully saturated rings. The molecule has 0 aromatic carbocycles. The molecule has 0 aliphatic heterocycles. The smallest absolute Gasteiger partial charge is 0.0467 e. The van der Waals surface area contributed by atoms with Crippen LogP contribution in [0, 0.1) is 0 Å². The van der Waals surface area contributed by atoms with E-state index in [0.717, 1.165) is 0 Å². The van der Waals surface area contributed by atoms with Crippen molar-refractivity contribution in [2.45, 2.75) is 6.92 Å². The fourth-order valence-electron chi connectivity index (χ4n) is 9.36. The van der Waals surface area contributed by atoms with Crippen molar-refractivity contribution in [2.24, 2.45) is 0 Å². The molecule has 748 valence electrons. The standard InChI is InChI=1S/C149H152/c1-3-5-7-9-11-13-15-17-19-21-23-25-27-29-31-33-35-37-39-41-43-45-47-49-51-53-55-57-59-61-63-65-67-69-71-73-75-77-79-81-83-85-87-89-91-93-95-97-99-101-103-105-107-109-111-113-115-117-119-121-123-125-127-129-131-133-135-137-139-141-143-145-147-149-148-146-144-142-140-138-136-134-132-130-128-126-124-122-120-118-116-114-112-110-108-106-104-102-100-98-96-94-92-90-88-86-84-82-80-78-76-74-72-70-68-66-64-62-60-58-56-54-52-50-48-46-44-42-40-38-36-34-32-30-28-26-24-22-20-18-16-14-12-10-8-6-4-2/h3-149H,1H2,2H3/b6-4+,7-5+,10-8+,11-9+,14-12+,15-13+,18-16+,19-17+,22-20+,23-21+,26-24+,27-25+,30-28+,31-29+,34-32+,35-33+,38-36+,39-37+,42-40+,43-41+,46-44+,47-45+,50-48+,51-49+,54-52+,55-53+,58-56+,59-57+,62-60+,63-61+,66-64+,67-65+,70-68+,71-69+,74-72+,75-73+,78-76+,79-77+,82-80+,83-81+,86-84+,87-85+,90-88+,91-89+,94-92+,95-93+,98-96+,99-97+,102-100+,103-101+,106-104+,107-105+,110-108+,111-109+,114-112+,115-113+,118-116+,119-117+,122-120+,123-121+,126-124+,127-125+,130-128+,131-129+,134-132+,135-133+,138-136+,139-137+,142-140+,143-141+,146-144+,147-145+,149-148+. The molecule has 0 heteroatoms. The topological polar surface area (TPSA) is 0 Å². The predicted molar refractivity (Wildman–Crippen MR) is 683 cm³/mol. The highest BCUT2D eigenvalue weighted by atomic mass is 13.9. The first kappa shape index (κ1) is 130. The maximum atomic E-state index is 3.64. The van der Waals surface area contributed by atoms with Gasteiger partial charge in [-0.15, -0.1) is 0 Å². The first-order valence-electron chi connectivity index (χ1n) is 49.7. The van der Waals surface area contributed by atoms with Crippen LogP contribution in [0.2, 0.25) is 0 Å². The van der Waals surface area contributed by atoms with Crippen LogP contribution in [0.25, 0.3) is 0 Å². The molecule has 0 saturated carbocycles. The molecule has 0 nitrogen and oxygen atoms in total. The third kappa shape index (κ3) is 129. The van der Waals surface area contributed by atoms with Gasteiger partial charge in [-0.25, -0.2) is 0 Å². The van der Waals surface area contributed by atoms with Gasteiger partial charge >= 0.3 is 0 Å². The van der Waals surface area contributed by atoms with Gasteiger partial charge in [-0.05, 0) is 6.92 Å². The van der Waals surface area contributed by atoms with Crippen molar-refractivity contribution in [3.63, 3.8) is 0 Å². The SMILES string of the molecule is C=C/C=C/C=C/C=C/C=C/C=C/C=C/C=C/C=C/C=C/C=C/C=C/C=C/C=C/C=C/C=C/C=C/C=C/C=C/C=C/C=C/C=C/C=C/C=C/C=C/C=C/C=C/C=C/C=C/C=C/C=C/C=C/C=C/C=C/C=C/C=C/C=C/C=C/C=C/C=C/C=C/C=C/C=C/C=C/C=C/C=C/C=C/C=C/C=C/C=C/C=C/C=C/C=C/C=C/C=C/C=C/C=C/C=C/C=C/C=C/C=C/C=C/C=C/C=C/C=C/C=C/C=C/C=C/C=C/C=C/C=C/C=C/C=C/C=C/C. The zero-order valence-electron chi connectivity index (χ0n) is 86.6. The summed E-state index contributed by atoms with van der Waals surface area (Å²) in [5.74, 6) is 0. The largest absolute Gasteiger partial charge is 0.0991 e. The number of allylic oxidation sites excluding steroid dienone is 147. The lowest BCUT2D eigenvalue weighted by molar-refractivity contribution is 1.73. The monoisotopic (exact) mass is 1940 g/mol. The summed E-state index contributed by atoms with van der Waals surface area (Å²) < 4.78 is 0. The first-order valence-corrected chi connectivity index (χ1v) is 49.7. The summed E-state index contributed by atoms with van der Waals surface area (Å²) in [5.41, 5.74) is 0. The van der Waals surface area contributed by atoms with E-state index in [2.05, 4.69) is 6.58 Å². The molecule has 0 bridgehead atoms. The van der Waals surface area contributed by atoms with Crippen molar-refractivity contribution in [2.75, 3.05) is 0 Å². The van der Waals surface area contributed by atoms with Gasteiger partial charge in [-0.1, -0.05) is 900 Å². The lowest BCUT2D eigenvalue weighted by Crippen LogP contribution is -1.55. The Morgan fingerprint density at radius 3 is 0.121 bits per heavy atom. The van der Waals surface area contributed by atoms with Crippen molar-refractivity contribution < 1.29 is 0 Å². The van der Waals surface area contributed by atoms with Crippen molar-refractivity contribution >= 4 is 0 Å². The quantitative estimate of drug-likeness (QED) is 0.0533. The fraction of sp³-hybridized carbons (Fsp3) is 0.00671. The second-order valence-electron chi connectivity index (χ2n) is 28.5. The minimum atomic E-state index is 1.75. The predicted octanol–water partition coefficient (Wildman–Crippen LogP) is 41.8. The Bertz CT molecular complexity index is 5310. The van der Waals surface area contributed by atoms with E-state index in [-0.39, 0.29) is 0 Å². The average Bonchev–Trinajstić information content (AvgIpc) is 1.08. The lowest BCUT2D eigenvalue weighted by Gasteiger charge is -1.77.